The lowest BCUT2D eigenvalue weighted by Crippen LogP contribution is -2.36. The van der Waals surface area contributed by atoms with E-state index in [-0.39, 0.29) is 0 Å². The van der Waals surface area contributed by atoms with Crippen LogP contribution in [0.1, 0.15) is 24.8 Å². The minimum Gasteiger partial charge on any atom is -0.373 e. The molecule has 3 rings (SSSR count). The molecule has 2 nitrogen and oxygen atoms in total. The van der Waals surface area contributed by atoms with E-state index in [1.165, 1.54) is 29.7 Å². The third kappa shape index (κ3) is 2.51. The lowest BCUT2D eigenvalue weighted by atomic mass is 9.95. The zero-order chi connectivity index (χ0) is 11.7. The van der Waals surface area contributed by atoms with Gasteiger partial charge in [-0.3, -0.25) is 0 Å². The van der Waals surface area contributed by atoms with E-state index < -0.39 is 0 Å². The maximum atomic E-state index is 5.84. The molecule has 2 heterocycles. The monoisotopic (exact) mass is 249 g/mol. The van der Waals surface area contributed by atoms with Gasteiger partial charge < -0.3 is 10.1 Å². The highest BCUT2D eigenvalue weighted by atomic mass is 32.2. The van der Waals surface area contributed by atoms with Crippen molar-refractivity contribution in [2.45, 2.75) is 49.0 Å². The molecule has 0 radical (unpaired) electrons. The number of rotatable bonds is 4. The van der Waals surface area contributed by atoms with Crippen LogP contribution in [-0.4, -0.2) is 24.5 Å². The van der Waals surface area contributed by atoms with E-state index in [2.05, 4.69) is 35.8 Å². The molecule has 1 N–H and O–H groups in total. The number of benzene rings is 1. The Morgan fingerprint density at radius 2 is 2.12 bits per heavy atom. The topological polar surface area (TPSA) is 21.3 Å². The third-order valence-corrected chi connectivity index (χ3v) is 4.58. The van der Waals surface area contributed by atoms with Gasteiger partial charge in [0.25, 0.3) is 0 Å². The molecule has 3 heteroatoms. The SMILES string of the molecule is CSc1ccc(CNC2CC3CCC2O3)cc1. The molecule has 2 saturated heterocycles. The molecule has 3 atom stereocenters. The lowest BCUT2D eigenvalue weighted by Gasteiger charge is -2.20. The summed E-state index contributed by atoms with van der Waals surface area (Å²) in [5.74, 6) is 0. The minimum absolute atomic E-state index is 0.477. The summed E-state index contributed by atoms with van der Waals surface area (Å²) in [5, 5.41) is 3.63. The van der Waals surface area contributed by atoms with E-state index >= 15 is 0 Å². The highest BCUT2D eigenvalue weighted by Crippen LogP contribution is 2.34. The number of thioether (sulfide) groups is 1. The lowest BCUT2D eigenvalue weighted by molar-refractivity contribution is 0.0973. The zero-order valence-corrected chi connectivity index (χ0v) is 11.0. The van der Waals surface area contributed by atoms with Crippen molar-refractivity contribution in [2.24, 2.45) is 0 Å². The fourth-order valence-corrected chi connectivity index (χ4v) is 3.25. The zero-order valence-electron chi connectivity index (χ0n) is 10.2. The van der Waals surface area contributed by atoms with Gasteiger partial charge >= 0.3 is 0 Å². The number of ether oxygens (including phenoxy) is 1. The van der Waals surface area contributed by atoms with E-state index in [4.69, 9.17) is 4.74 Å². The highest BCUT2D eigenvalue weighted by molar-refractivity contribution is 7.98. The number of hydrogen-bond acceptors (Lipinski definition) is 3. The molecule has 0 aliphatic carbocycles. The minimum atomic E-state index is 0.477. The molecule has 0 amide bonds. The van der Waals surface area contributed by atoms with Crippen molar-refractivity contribution in [3.05, 3.63) is 29.8 Å². The summed E-state index contributed by atoms with van der Waals surface area (Å²) in [5.41, 5.74) is 1.37. The van der Waals surface area contributed by atoms with Crippen molar-refractivity contribution in [2.75, 3.05) is 6.26 Å². The van der Waals surface area contributed by atoms with E-state index in [0.29, 0.717) is 18.2 Å². The Hall–Kier alpha value is -0.510. The van der Waals surface area contributed by atoms with Gasteiger partial charge in [-0.2, -0.15) is 0 Å². The first-order valence-electron chi connectivity index (χ1n) is 6.37. The molecule has 2 aliphatic heterocycles. The van der Waals surface area contributed by atoms with Crippen LogP contribution in [0.25, 0.3) is 0 Å². The van der Waals surface area contributed by atoms with Crippen LogP contribution >= 0.6 is 11.8 Å². The van der Waals surface area contributed by atoms with Crippen LogP contribution in [0.3, 0.4) is 0 Å². The van der Waals surface area contributed by atoms with Gasteiger partial charge in [0, 0.05) is 17.5 Å². The van der Waals surface area contributed by atoms with Gasteiger partial charge in [-0.05, 0) is 43.2 Å². The number of nitrogens with one attached hydrogen (secondary N) is 1. The highest BCUT2D eigenvalue weighted by Gasteiger charge is 2.40. The van der Waals surface area contributed by atoms with Crippen LogP contribution in [-0.2, 0) is 11.3 Å². The summed E-state index contributed by atoms with van der Waals surface area (Å²) in [6.45, 7) is 0.964. The van der Waals surface area contributed by atoms with Crippen molar-refractivity contribution in [1.82, 2.24) is 5.32 Å². The largest absolute Gasteiger partial charge is 0.373 e. The first kappa shape index (κ1) is 11.6. The van der Waals surface area contributed by atoms with E-state index in [1.54, 1.807) is 11.8 Å². The van der Waals surface area contributed by atoms with Crippen molar-refractivity contribution in [3.8, 4) is 0 Å². The Balaban J connectivity index is 1.53. The van der Waals surface area contributed by atoms with Gasteiger partial charge in [-0.15, -0.1) is 11.8 Å². The Labute approximate surface area is 107 Å². The molecule has 2 bridgehead atoms. The number of hydrogen-bond donors (Lipinski definition) is 1. The van der Waals surface area contributed by atoms with Gasteiger partial charge in [-0.25, -0.2) is 0 Å². The van der Waals surface area contributed by atoms with Crippen molar-refractivity contribution >= 4 is 11.8 Å². The predicted molar refractivity (Wildman–Crippen MR) is 71.4 cm³/mol. The van der Waals surface area contributed by atoms with Crippen molar-refractivity contribution in [1.29, 1.82) is 0 Å². The molecular formula is C14H19NOS. The third-order valence-electron chi connectivity index (χ3n) is 3.83. The molecule has 2 fully saturated rings. The second kappa shape index (κ2) is 5.01. The second-order valence-corrected chi connectivity index (χ2v) is 5.82. The Morgan fingerprint density at radius 3 is 2.71 bits per heavy atom. The molecule has 17 heavy (non-hydrogen) atoms. The van der Waals surface area contributed by atoms with Crippen LogP contribution in [0.15, 0.2) is 29.2 Å². The fraction of sp³-hybridized carbons (Fsp3) is 0.571. The summed E-state index contributed by atoms with van der Waals surface area (Å²) in [6, 6.07) is 9.39. The maximum Gasteiger partial charge on any atom is 0.0733 e. The summed E-state index contributed by atoms with van der Waals surface area (Å²) < 4.78 is 5.84. The molecule has 2 aliphatic rings. The first-order chi connectivity index (χ1) is 8.35. The fourth-order valence-electron chi connectivity index (χ4n) is 2.84. The van der Waals surface area contributed by atoms with Gasteiger partial charge in [0.1, 0.15) is 0 Å². The summed E-state index contributed by atoms with van der Waals surface area (Å²) in [4.78, 5) is 1.33. The molecule has 1 aromatic carbocycles. The van der Waals surface area contributed by atoms with Gasteiger partial charge in [0.2, 0.25) is 0 Å². The average Bonchev–Trinajstić information content (AvgIpc) is 2.99. The molecule has 3 unspecified atom stereocenters. The molecule has 0 saturated carbocycles. The average molecular weight is 249 g/mol. The summed E-state index contributed by atoms with van der Waals surface area (Å²) in [6.07, 6.45) is 6.84. The standard InChI is InChI=1S/C14H19NOS/c1-17-12-5-2-10(3-6-12)9-15-13-8-11-4-7-14(13)16-11/h2-3,5-6,11,13-15H,4,7-9H2,1H3. The second-order valence-electron chi connectivity index (χ2n) is 4.95. The van der Waals surface area contributed by atoms with Crippen molar-refractivity contribution < 1.29 is 4.74 Å². The van der Waals surface area contributed by atoms with Crippen LogP contribution in [0.2, 0.25) is 0 Å². The molecular weight excluding hydrogens is 230 g/mol. The molecule has 0 spiro atoms. The van der Waals surface area contributed by atoms with Crippen LogP contribution in [0.4, 0.5) is 0 Å². The van der Waals surface area contributed by atoms with E-state index in [9.17, 15) is 0 Å². The van der Waals surface area contributed by atoms with Crippen LogP contribution in [0, 0.1) is 0 Å². The van der Waals surface area contributed by atoms with Crippen LogP contribution < -0.4 is 5.32 Å². The number of fused-ring (bicyclic) bond motifs is 2. The Morgan fingerprint density at radius 1 is 1.29 bits per heavy atom. The van der Waals surface area contributed by atoms with Gasteiger partial charge in [-0.1, -0.05) is 12.1 Å². The summed E-state index contributed by atoms with van der Waals surface area (Å²) in [7, 11) is 0. The molecule has 0 aromatic heterocycles. The van der Waals surface area contributed by atoms with Gasteiger partial charge in [0.05, 0.1) is 12.2 Å². The Kier molecular flexibility index (Phi) is 3.41. The maximum absolute atomic E-state index is 5.84. The first-order valence-corrected chi connectivity index (χ1v) is 7.59. The smallest absolute Gasteiger partial charge is 0.0733 e. The Bertz CT molecular complexity index is 378. The predicted octanol–water partition coefficient (Wildman–Crippen LogP) is 2.82. The van der Waals surface area contributed by atoms with Crippen LogP contribution in [0.5, 0.6) is 0 Å². The normalized spacial score (nSPS) is 31.0. The van der Waals surface area contributed by atoms with E-state index in [1.807, 2.05) is 0 Å². The van der Waals surface area contributed by atoms with Gasteiger partial charge in [0.15, 0.2) is 0 Å². The quantitative estimate of drug-likeness (QED) is 0.829. The van der Waals surface area contributed by atoms with E-state index in [0.717, 1.165) is 6.54 Å². The molecule has 1 aromatic rings. The summed E-state index contributed by atoms with van der Waals surface area (Å²) >= 11 is 1.79. The molecule has 92 valence electrons. The van der Waals surface area contributed by atoms with Crippen molar-refractivity contribution in [3.63, 3.8) is 0 Å².